The van der Waals surface area contributed by atoms with Crippen LogP contribution in [0.1, 0.15) is 26.2 Å². The number of nitrogens with zero attached hydrogens (tertiary/aromatic N) is 3. The number of fused-ring (bicyclic) bond motifs is 1. The summed E-state index contributed by atoms with van der Waals surface area (Å²) in [5, 5.41) is 0.440. The largest absolute Gasteiger partial charge is 0.464 e. The number of hydrogen-bond acceptors (Lipinski definition) is 5. The second-order valence-corrected chi connectivity index (χ2v) is 7.11. The van der Waals surface area contributed by atoms with E-state index in [-0.39, 0.29) is 30.6 Å². The summed E-state index contributed by atoms with van der Waals surface area (Å²) in [5.41, 5.74) is 0.290. The zero-order chi connectivity index (χ0) is 18.7. The van der Waals surface area contributed by atoms with Gasteiger partial charge in [0.05, 0.1) is 23.8 Å². The van der Waals surface area contributed by atoms with Gasteiger partial charge in [-0.15, -0.1) is 0 Å². The highest BCUT2D eigenvalue weighted by molar-refractivity contribution is 9.10. The Morgan fingerprint density at radius 2 is 2.15 bits per heavy atom. The molecule has 7 nitrogen and oxygen atoms in total. The number of amides is 1. The molecule has 0 radical (unpaired) electrons. The molecular weight excluding hydrogens is 402 g/mol. The van der Waals surface area contributed by atoms with Crippen molar-refractivity contribution < 1.29 is 14.3 Å². The van der Waals surface area contributed by atoms with Crippen molar-refractivity contribution in [1.29, 1.82) is 0 Å². The molecule has 1 amide bonds. The molecule has 0 saturated carbocycles. The second kappa shape index (κ2) is 7.99. The molecule has 1 aromatic carbocycles. The number of benzene rings is 1. The maximum atomic E-state index is 12.8. The van der Waals surface area contributed by atoms with Crippen molar-refractivity contribution in [2.45, 2.75) is 38.8 Å². The number of esters is 1. The molecule has 2 aromatic rings. The van der Waals surface area contributed by atoms with Crippen molar-refractivity contribution in [3.8, 4) is 0 Å². The van der Waals surface area contributed by atoms with Crippen LogP contribution >= 0.6 is 15.9 Å². The predicted octanol–water partition coefficient (Wildman–Crippen LogP) is 2.10. The maximum absolute atomic E-state index is 12.8. The van der Waals surface area contributed by atoms with Gasteiger partial charge in [-0.25, -0.2) is 9.78 Å². The lowest BCUT2D eigenvalue weighted by molar-refractivity contribution is -0.156. The predicted molar refractivity (Wildman–Crippen MR) is 99.7 cm³/mol. The van der Waals surface area contributed by atoms with Crippen LogP contribution in [0.25, 0.3) is 10.9 Å². The maximum Gasteiger partial charge on any atom is 0.328 e. The summed E-state index contributed by atoms with van der Waals surface area (Å²) in [6.07, 6.45) is 3.67. The molecule has 1 aliphatic heterocycles. The molecule has 1 unspecified atom stereocenters. The van der Waals surface area contributed by atoms with Crippen LogP contribution in [0.3, 0.4) is 0 Å². The Labute approximate surface area is 159 Å². The van der Waals surface area contributed by atoms with Crippen LogP contribution in [0.4, 0.5) is 0 Å². The lowest BCUT2D eigenvalue weighted by atomic mass is 10.0. The topological polar surface area (TPSA) is 81.5 Å². The average molecular weight is 422 g/mol. The highest BCUT2D eigenvalue weighted by Crippen LogP contribution is 2.19. The molecule has 1 atom stereocenters. The number of ether oxygens (including phenoxy) is 1. The first kappa shape index (κ1) is 18.6. The van der Waals surface area contributed by atoms with Gasteiger partial charge in [-0.2, -0.15) is 0 Å². The molecule has 1 aliphatic rings. The Kier molecular flexibility index (Phi) is 5.70. The van der Waals surface area contributed by atoms with Gasteiger partial charge in [0.25, 0.3) is 5.56 Å². The van der Waals surface area contributed by atoms with Gasteiger partial charge in [-0.1, -0.05) is 15.9 Å². The molecule has 1 saturated heterocycles. The monoisotopic (exact) mass is 421 g/mol. The summed E-state index contributed by atoms with van der Waals surface area (Å²) in [5.74, 6) is -0.658. The van der Waals surface area contributed by atoms with Crippen LogP contribution in [0.15, 0.2) is 33.8 Å². The fraction of sp³-hybridized carbons (Fsp3) is 0.444. The summed E-state index contributed by atoms with van der Waals surface area (Å²) in [7, 11) is 0. The van der Waals surface area contributed by atoms with Crippen molar-refractivity contribution in [3.63, 3.8) is 0 Å². The summed E-state index contributed by atoms with van der Waals surface area (Å²) < 4.78 is 7.14. The number of carbonyl (C=O) groups is 2. The SMILES string of the molecule is CCOC(=O)C1CCCCN1C(=O)Cn1cnc2ccc(Br)cc2c1=O. The molecule has 0 N–H and O–H groups in total. The van der Waals surface area contributed by atoms with Crippen LogP contribution < -0.4 is 5.56 Å². The van der Waals surface area contributed by atoms with Gasteiger partial charge in [-0.05, 0) is 44.4 Å². The molecule has 8 heteroatoms. The summed E-state index contributed by atoms with van der Waals surface area (Å²) in [6.45, 7) is 2.36. The minimum absolute atomic E-state index is 0.149. The Morgan fingerprint density at radius 3 is 2.92 bits per heavy atom. The number of aromatic nitrogens is 2. The molecule has 1 aromatic heterocycles. The number of rotatable bonds is 4. The smallest absolute Gasteiger partial charge is 0.328 e. The van der Waals surface area contributed by atoms with E-state index in [1.165, 1.54) is 15.8 Å². The number of piperidine rings is 1. The van der Waals surface area contributed by atoms with Crippen LogP contribution in [-0.4, -0.2) is 45.5 Å². The molecule has 26 heavy (non-hydrogen) atoms. The third-order valence-corrected chi connectivity index (χ3v) is 4.97. The highest BCUT2D eigenvalue weighted by Gasteiger charge is 2.33. The fourth-order valence-electron chi connectivity index (χ4n) is 3.19. The Morgan fingerprint density at radius 1 is 1.35 bits per heavy atom. The lowest BCUT2D eigenvalue weighted by Gasteiger charge is -2.34. The summed E-state index contributed by atoms with van der Waals surface area (Å²) >= 11 is 3.34. The number of carbonyl (C=O) groups excluding carboxylic acids is 2. The Balaban J connectivity index is 1.84. The van der Waals surface area contributed by atoms with E-state index in [2.05, 4.69) is 20.9 Å². The standard InChI is InChI=1S/C18H20BrN3O4/c1-2-26-18(25)15-5-3-4-8-22(15)16(23)10-21-11-20-14-7-6-12(19)9-13(14)17(21)24/h6-7,9,11,15H,2-5,8,10H2,1H3. The van der Waals surface area contributed by atoms with E-state index in [9.17, 15) is 14.4 Å². The van der Waals surface area contributed by atoms with Gasteiger partial charge in [0.15, 0.2) is 0 Å². The van der Waals surface area contributed by atoms with E-state index in [0.717, 1.165) is 17.3 Å². The first-order valence-electron chi connectivity index (χ1n) is 8.62. The van der Waals surface area contributed by atoms with Gasteiger partial charge in [0.1, 0.15) is 12.6 Å². The number of halogens is 1. The number of hydrogen-bond donors (Lipinski definition) is 0. The average Bonchev–Trinajstić information content (AvgIpc) is 2.64. The van der Waals surface area contributed by atoms with E-state index < -0.39 is 6.04 Å². The van der Waals surface area contributed by atoms with Crippen LogP contribution in [0.5, 0.6) is 0 Å². The minimum Gasteiger partial charge on any atom is -0.464 e. The van der Waals surface area contributed by atoms with Crippen molar-refractivity contribution >= 4 is 38.7 Å². The van der Waals surface area contributed by atoms with Gasteiger partial charge in [0.2, 0.25) is 5.91 Å². The Hall–Kier alpha value is -2.22. The van der Waals surface area contributed by atoms with E-state index in [1.807, 2.05) is 6.07 Å². The van der Waals surface area contributed by atoms with Gasteiger partial charge < -0.3 is 9.64 Å². The normalized spacial score (nSPS) is 17.3. The minimum atomic E-state index is -0.575. The van der Waals surface area contributed by atoms with Gasteiger partial charge in [-0.3, -0.25) is 14.2 Å². The first-order chi connectivity index (χ1) is 12.5. The highest BCUT2D eigenvalue weighted by atomic mass is 79.9. The van der Waals surface area contributed by atoms with Gasteiger partial charge >= 0.3 is 5.97 Å². The van der Waals surface area contributed by atoms with Crippen molar-refractivity contribution in [3.05, 3.63) is 39.4 Å². The lowest BCUT2D eigenvalue weighted by Crippen LogP contribution is -2.50. The molecule has 3 rings (SSSR count). The van der Waals surface area contributed by atoms with Crippen molar-refractivity contribution in [2.75, 3.05) is 13.2 Å². The summed E-state index contributed by atoms with van der Waals surface area (Å²) in [6, 6.07) is 4.67. The molecule has 2 heterocycles. The Bertz CT molecular complexity index is 896. The van der Waals surface area contributed by atoms with E-state index >= 15 is 0 Å². The molecule has 1 fully saturated rings. The van der Waals surface area contributed by atoms with Crippen molar-refractivity contribution in [1.82, 2.24) is 14.5 Å². The quantitative estimate of drug-likeness (QED) is 0.705. The summed E-state index contributed by atoms with van der Waals surface area (Å²) in [4.78, 5) is 43.3. The zero-order valence-electron chi connectivity index (χ0n) is 14.5. The van der Waals surface area contributed by atoms with Crippen LogP contribution in [0.2, 0.25) is 0 Å². The van der Waals surface area contributed by atoms with Gasteiger partial charge in [0, 0.05) is 11.0 Å². The van der Waals surface area contributed by atoms with E-state index in [0.29, 0.717) is 23.9 Å². The molecule has 0 aliphatic carbocycles. The van der Waals surface area contributed by atoms with E-state index in [4.69, 9.17) is 4.74 Å². The zero-order valence-corrected chi connectivity index (χ0v) is 16.1. The third kappa shape index (κ3) is 3.80. The molecular formula is C18H20BrN3O4. The van der Waals surface area contributed by atoms with Crippen LogP contribution in [0, 0.1) is 0 Å². The van der Waals surface area contributed by atoms with Crippen molar-refractivity contribution in [2.24, 2.45) is 0 Å². The van der Waals surface area contributed by atoms with E-state index in [1.54, 1.807) is 19.1 Å². The van der Waals surface area contributed by atoms with Crippen LogP contribution in [-0.2, 0) is 20.9 Å². The molecule has 0 bridgehead atoms. The second-order valence-electron chi connectivity index (χ2n) is 6.19. The third-order valence-electron chi connectivity index (χ3n) is 4.47. The fourth-order valence-corrected chi connectivity index (χ4v) is 3.56. The molecule has 0 spiro atoms. The molecule has 138 valence electrons. The first-order valence-corrected chi connectivity index (χ1v) is 9.41. The number of likely N-dealkylation sites (tertiary alicyclic amines) is 1.